The molecule has 0 bridgehead atoms. The Labute approximate surface area is 121 Å². The highest BCUT2D eigenvalue weighted by Crippen LogP contribution is 2.54. The number of rotatable bonds is 3. The van der Waals surface area contributed by atoms with Crippen LogP contribution in [-0.2, 0) is 0 Å². The van der Waals surface area contributed by atoms with E-state index < -0.39 is 6.10 Å². The van der Waals surface area contributed by atoms with Crippen molar-refractivity contribution in [2.75, 3.05) is 0 Å². The normalized spacial score (nSPS) is 23.1. The fourth-order valence-corrected chi connectivity index (χ4v) is 4.11. The third kappa shape index (κ3) is 1.79. The zero-order chi connectivity index (χ0) is 13.7. The molecule has 4 rings (SSSR count). The molecule has 3 nitrogen and oxygen atoms in total. The SMILES string of the molecule is Cc1sc2cncn2c1[C@H](O)[C@H]1C[C@@H]1c1ccccc1. The number of hydrogen-bond acceptors (Lipinski definition) is 3. The fraction of sp³-hybridized carbons (Fsp3) is 0.312. The molecule has 20 heavy (non-hydrogen) atoms. The summed E-state index contributed by atoms with van der Waals surface area (Å²) in [5, 5.41) is 10.7. The Morgan fingerprint density at radius 1 is 1.35 bits per heavy atom. The Balaban J connectivity index is 1.64. The van der Waals surface area contributed by atoms with E-state index in [4.69, 9.17) is 0 Å². The van der Waals surface area contributed by atoms with Crippen LogP contribution in [0, 0.1) is 12.8 Å². The van der Waals surface area contributed by atoms with E-state index in [1.54, 1.807) is 17.7 Å². The Morgan fingerprint density at radius 2 is 2.15 bits per heavy atom. The minimum absolute atomic E-state index is 0.330. The Bertz CT molecular complexity index is 746. The molecule has 0 saturated heterocycles. The number of aliphatic hydroxyl groups excluding tert-OH is 1. The lowest BCUT2D eigenvalue weighted by Gasteiger charge is -2.11. The number of thiazole rings is 1. The minimum atomic E-state index is -0.400. The Morgan fingerprint density at radius 3 is 2.95 bits per heavy atom. The zero-order valence-electron chi connectivity index (χ0n) is 11.2. The summed E-state index contributed by atoms with van der Waals surface area (Å²) in [6.07, 6.45) is 4.33. The van der Waals surface area contributed by atoms with Crippen LogP contribution in [0.2, 0.25) is 0 Å². The quantitative estimate of drug-likeness (QED) is 0.798. The van der Waals surface area contributed by atoms with Gasteiger partial charge in [-0.25, -0.2) is 4.98 Å². The maximum Gasteiger partial charge on any atom is 0.120 e. The number of fused-ring (bicyclic) bond motifs is 1. The predicted molar refractivity (Wildman–Crippen MR) is 80.1 cm³/mol. The molecule has 1 aliphatic carbocycles. The van der Waals surface area contributed by atoms with Crippen LogP contribution < -0.4 is 0 Å². The Kier molecular flexibility index (Phi) is 2.69. The smallest absolute Gasteiger partial charge is 0.120 e. The van der Waals surface area contributed by atoms with E-state index in [0.29, 0.717) is 11.8 Å². The number of aliphatic hydroxyl groups is 1. The number of hydrogen-bond donors (Lipinski definition) is 1. The summed E-state index contributed by atoms with van der Waals surface area (Å²) in [4.78, 5) is 6.46. The standard InChI is InChI=1S/C16H16N2OS/c1-10-15(18-9-17-8-14(18)20-10)16(19)13-7-12(13)11-5-3-2-4-6-11/h2-6,8-9,12-13,16,19H,7H2,1H3/t12-,13+,16-/m1/s1. The van der Waals surface area contributed by atoms with Gasteiger partial charge in [0.05, 0.1) is 18.0 Å². The van der Waals surface area contributed by atoms with Crippen molar-refractivity contribution in [1.29, 1.82) is 0 Å². The van der Waals surface area contributed by atoms with Crippen molar-refractivity contribution in [3.63, 3.8) is 0 Å². The van der Waals surface area contributed by atoms with Gasteiger partial charge in [0.2, 0.25) is 0 Å². The van der Waals surface area contributed by atoms with Gasteiger partial charge in [-0.2, -0.15) is 0 Å². The number of imidazole rings is 1. The van der Waals surface area contributed by atoms with Crippen LogP contribution in [0.4, 0.5) is 0 Å². The molecule has 2 heterocycles. The van der Waals surface area contributed by atoms with E-state index in [9.17, 15) is 5.11 Å². The number of aromatic nitrogens is 2. The lowest BCUT2D eigenvalue weighted by molar-refractivity contribution is 0.145. The van der Waals surface area contributed by atoms with Crippen LogP contribution in [0.5, 0.6) is 0 Å². The molecule has 0 amide bonds. The summed E-state index contributed by atoms with van der Waals surface area (Å²) in [6.45, 7) is 2.08. The highest BCUT2D eigenvalue weighted by Gasteiger charge is 2.45. The van der Waals surface area contributed by atoms with Crippen molar-refractivity contribution < 1.29 is 5.11 Å². The molecular formula is C16H16N2OS. The first kappa shape index (κ1) is 12.1. The van der Waals surface area contributed by atoms with Crippen LogP contribution in [0.15, 0.2) is 42.9 Å². The molecule has 102 valence electrons. The molecule has 1 fully saturated rings. The lowest BCUT2D eigenvalue weighted by Crippen LogP contribution is -2.06. The summed E-state index contributed by atoms with van der Waals surface area (Å²) in [6, 6.07) is 10.5. The molecule has 0 spiro atoms. The molecule has 1 saturated carbocycles. The van der Waals surface area contributed by atoms with Crippen molar-refractivity contribution in [3.8, 4) is 0 Å². The first-order chi connectivity index (χ1) is 9.75. The van der Waals surface area contributed by atoms with Crippen molar-refractivity contribution in [1.82, 2.24) is 9.38 Å². The molecule has 1 N–H and O–H groups in total. The summed E-state index contributed by atoms with van der Waals surface area (Å²) >= 11 is 1.70. The van der Waals surface area contributed by atoms with Gasteiger partial charge >= 0.3 is 0 Å². The topological polar surface area (TPSA) is 37.5 Å². The zero-order valence-corrected chi connectivity index (χ0v) is 12.0. The molecule has 0 radical (unpaired) electrons. The van der Waals surface area contributed by atoms with Crippen LogP contribution >= 0.6 is 11.3 Å². The first-order valence-electron chi connectivity index (χ1n) is 6.90. The maximum atomic E-state index is 10.7. The molecule has 0 unspecified atom stereocenters. The third-order valence-corrected chi connectivity index (χ3v) is 5.26. The van der Waals surface area contributed by atoms with E-state index in [-0.39, 0.29) is 0 Å². The second-order valence-corrected chi connectivity index (χ2v) is 6.74. The van der Waals surface area contributed by atoms with Gasteiger partial charge in [-0.1, -0.05) is 30.3 Å². The molecule has 3 aromatic rings. The van der Waals surface area contributed by atoms with Crippen LogP contribution in [0.25, 0.3) is 4.83 Å². The number of aryl methyl sites for hydroxylation is 1. The molecule has 0 aliphatic heterocycles. The van der Waals surface area contributed by atoms with Crippen molar-refractivity contribution in [3.05, 3.63) is 59.0 Å². The molecular weight excluding hydrogens is 268 g/mol. The van der Waals surface area contributed by atoms with Crippen LogP contribution in [0.1, 0.15) is 34.6 Å². The van der Waals surface area contributed by atoms with Gasteiger partial charge < -0.3 is 5.11 Å². The van der Waals surface area contributed by atoms with Gasteiger partial charge in [-0.15, -0.1) is 11.3 Å². The second-order valence-electron chi connectivity index (χ2n) is 5.51. The van der Waals surface area contributed by atoms with E-state index in [2.05, 4.69) is 36.2 Å². The minimum Gasteiger partial charge on any atom is -0.387 e. The van der Waals surface area contributed by atoms with Crippen LogP contribution in [0.3, 0.4) is 0 Å². The fourth-order valence-electron chi connectivity index (χ4n) is 3.12. The van der Waals surface area contributed by atoms with Gasteiger partial charge in [0.1, 0.15) is 11.2 Å². The summed E-state index contributed by atoms with van der Waals surface area (Å²) < 4.78 is 2.03. The van der Waals surface area contributed by atoms with Crippen molar-refractivity contribution >= 4 is 16.2 Å². The van der Waals surface area contributed by atoms with E-state index >= 15 is 0 Å². The van der Waals surface area contributed by atoms with Gasteiger partial charge in [-0.05, 0) is 30.7 Å². The second kappa shape index (κ2) is 4.43. The van der Waals surface area contributed by atoms with Gasteiger partial charge in [-0.3, -0.25) is 4.40 Å². The van der Waals surface area contributed by atoms with Gasteiger partial charge in [0, 0.05) is 4.88 Å². The third-order valence-electron chi connectivity index (χ3n) is 4.24. The Hall–Kier alpha value is -1.65. The number of benzene rings is 1. The maximum absolute atomic E-state index is 10.7. The number of nitrogens with zero attached hydrogens (tertiary/aromatic N) is 2. The van der Waals surface area contributed by atoms with E-state index in [0.717, 1.165) is 16.9 Å². The predicted octanol–water partition coefficient (Wildman–Crippen LogP) is 3.54. The lowest BCUT2D eigenvalue weighted by atomic mass is 10.0. The monoisotopic (exact) mass is 284 g/mol. The molecule has 1 aliphatic rings. The van der Waals surface area contributed by atoms with E-state index in [1.807, 2.05) is 16.7 Å². The average Bonchev–Trinajstić information content (AvgIpc) is 3.05. The summed E-state index contributed by atoms with van der Waals surface area (Å²) in [5.74, 6) is 0.820. The molecule has 1 aromatic carbocycles. The van der Waals surface area contributed by atoms with Gasteiger partial charge in [0.25, 0.3) is 0 Å². The molecule has 4 heteroatoms. The first-order valence-corrected chi connectivity index (χ1v) is 7.71. The molecule has 2 aromatic heterocycles. The molecule has 3 atom stereocenters. The van der Waals surface area contributed by atoms with Crippen LogP contribution in [-0.4, -0.2) is 14.5 Å². The largest absolute Gasteiger partial charge is 0.387 e. The van der Waals surface area contributed by atoms with E-state index in [1.165, 1.54) is 10.4 Å². The van der Waals surface area contributed by atoms with Crippen molar-refractivity contribution in [2.24, 2.45) is 5.92 Å². The van der Waals surface area contributed by atoms with Crippen molar-refractivity contribution in [2.45, 2.75) is 25.4 Å². The summed E-state index contributed by atoms with van der Waals surface area (Å²) in [5.41, 5.74) is 2.36. The highest BCUT2D eigenvalue weighted by atomic mass is 32.1. The highest BCUT2D eigenvalue weighted by molar-refractivity contribution is 7.17. The average molecular weight is 284 g/mol. The van der Waals surface area contributed by atoms with Gasteiger partial charge in [0.15, 0.2) is 0 Å². The summed E-state index contributed by atoms with van der Waals surface area (Å²) in [7, 11) is 0.